The molecule has 0 aliphatic rings. The molecule has 1 unspecified atom stereocenters. The molecule has 0 amide bonds. The molecule has 0 heterocycles. The predicted octanol–water partition coefficient (Wildman–Crippen LogP) is 2.98. The molecule has 0 saturated heterocycles. The lowest BCUT2D eigenvalue weighted by Gasteiger charge is -2.12. The third-order valence-corrected chi connectivity index (χ3v) is 3.15. The van der Waals surface area contributed by atoms with E-state index in [-0.39, 0.29) is 0 Å². The maximum atomic E-state index is 11.8. The zero-order valence-electron chi connectivity index (χ0n) is 13.0. The topological polar surface area (TPSA) is 61.8 Å². The van der Waals surface area contributed by atoms with Gasteiger partial charge in [0.15, 0.2) is 12.4 Å². The number of benzene rings is 1. The van der Waals surface area contributed by atoms with Crippen molar-refractivity contribution < 1.29 is 23.8 Å². The van der Waals surface area contributed by atoms with Crippen molar-refractivity contribution in [2.24, 2.45) is 0 Å². The van der Waals surface area contributed by atoms with Gasteiger partial charge in [0, 0.05) is 13.7 Å². The number of esters is 1. The number of rotatable bonds is 12. The number of hydrogen-bond donors (Lipinski definition) is 0. The van der Waals surface area contributed by atoms with E-state index < -0.39 is 12.1 Å². The van der Waals surface area contributed by atoms with Crippen LogP contribution in [0.1, 0.15) is 42.5 Å². The van der Waals surface area contributed by atoms with Gasteiger partial charge in [-0.1, -0.05) is 31.0 Å². The first-order valence-corrected chi connectivity index (χ1v) is 7.56. The average Bonchev–Trinajstić information content (AvgIpc) is 2.56. The molecule has 1 atom stereocenters. The van der Waals surface area contributed by atoms with Gasteiger partial charge in [-0.05, 0) is 31.4 Å². The summed E-state index contributed by atoms with van der Waals surface area (Å²) in [6, 6.07) is 8.69. The van der Waals surface area contributed by atoms with Crippen LogP contribution in [0, 0.1) is 0 Å². The summed E-state index contributed by atoms with van der Waals surface area (Å²) in [6.45, 7) is 0.997. The fourth-order valence-corrected chi connectivity index (χ4v) is 1.98. The lowest BCUT2D eigenvalue weighted by molar-refractivity contribution is -0.115. The molecule has 0 fully saturated rings. The minimum Gasteiger partial charge on any atom is -0.451 e. The molecule has 5 nitrogen and oxygen atoms in total. The summed E-state index contributed by atoms with van der Waals surface area (Å²) < 4.78 is 15.2. The summed E-state index contributed by atoms with van der Waals surface area (Å²) in [5.41, 5.74) is 0.463. The van der Waals surface area contributed by atoms with Gasteiger partial charge in [-0.3, -0.25) is 4.79 Å². The molecule has 0 aromatic heterocycles. The number of aldehydes is 1. The Bertz CT molecular complexity index is 418. The Morgan fingerprint density at radius 3 is 2.55 bits per heavy atom. The van der Waals surface area contributed by atoms with Crippen LogP contribution in [0.3, 0.4) is 0 Å². The molecule has 1 aromatic carbocycles. The highest BCUT2D eigenvalue weighted by molar-refractivity contribution is 5.90. The van der Waals surface area contributed by atoms with Gasteiger partial charge < -0.3 is 14.2 Å². The minimum atomic E-state index is -0.669. The summed E-state index contributed by atoms with van der Waals surface area (Å²) in [5, 5.41) is 0. The van der Waals surface area contributed by atoms with Crippen LogP contribution in [0.2, 0.25) is 0 Å². The zero-order valence-corrected chi connectivity index (χ0v) is 13.0. The van der Waals surface area contributed by atoms with Crippen molar-refractivity contribution in [3.63, 3.8) is 0 Å². The number of methoxy groups -OCH3 is 1. The van der Waals surface area contributed by atoms with E-state index in [2.05, 4.69) is 0 Å². The standard InChI is InChI=1S/C17H24O5/c1-20-14-21-12-8-3-2-7-11-16(13-18)22-17(19)15-9-5-4-6-10-15/h4-6,9-10,13,16H,2-3,7-8,11-12,14H2,1H3. The van der Waals surface area contributed by atoms with Crippen molar-refractivity contribution in [2.45, 2.75) is 38.2 Å². The van der Waals surface area contributed by atoms with Crippen molar-refractivity contribution in [3.05, 3.63) is 35.9 Å². The lowest BCUT2D eigenvalue weighted by atomic mass is 10.1. The van der Waals surface area contributed by atoms with Crippen LogP contribution in [0.4, 0.5) is 0 Å². The number of ether oxygens (including phenoxy) is 3. The monoisotopic (exact) mass is 308 g/mol. The van der Waals surface area contributed by atoms with Crippen LogP contribution in [0.15, 0.2) is 30.3 Å². The van der Waals surface area contributed by atoms with Crippen molar-refractivity contribution in [3.8, 4) is 0 Å². The molecule has 0 saturated carbocycles. The molecule has 22 heavy (non-hydrogen) atoms. The highest BCUT2D eigenvalue weighted by Crippen LogP contribution is 2.10. The number of carbonyl (C=O) groups excluding carboxylic acids is 2. The fourth-order valence-electron chi connectivity index (χ4n) is 1.98. The van der Waals surface area contributed by atoms with Crippen molar-refractivity contribution in [1.29, 1.82) is 0 Å². The Morgan fingerprint density at radius 1 is 1.14 bits per heavy atom. The molecule has 0 bridgehead atoms. The molecule has 122 valence electrons. The Labute approximate surface area is 131 Å². The van der Waals surface area contributed by atoms with Gasteiger partial charge in [-0.2, -0.15) is 0 Å². The van der Waals surface area contributed by atoms with E-state index in [0.29, 0.717) is 31.7 Å². The van der Waals surface area contributed by atoms with Crippen LogP contribution in [0.5, 0.6) is 0 Å². The van der Waals surface area contributed by atoms with Gasteiger partial charge >= 0.3 is 5.97 Å². The molecule has 1 aromatic rings. The molecule has 0 radical (unpaired) electrons. The van der Waals surface area contributed by atoms with Gasteiger partial charge in [0.1, 0.15) is 6.79 Å². The zero-order chi connectivity index (χ0) is 16.0. The number of hydrogen-bond acceptors (Lipinski definition) is 5. The van der Waals surface area contributed by atoms with E-state index in [9.17, 15) is 9.59 Å². The second-order valence-electron chi connectivity index (χ2n) is 4.96. The smallest absolute Gasteiger partial charge is 0.338 e. The quantitative estimate of drug-likeness (QED) is 0.257. The maximum Gasteiger partial charge on any atom is 0.338 e. The van der Waals surface area contributed by atoms with Crippen molar-refractivity contribution in [2.75, 3.05) is 20.5 Å². The predicted molar refractivity (Wildman–Crippen MR) is 82.6 cm³/mol. The summed E-state index contributed by atoms with van der Waals surface area (Å²) in [7, 11) is 1.59. The summed E-state index contributed by atoms with van der Waals surface area (Å²) >= 11 is 0. The Kier molecular flexibility index (Phi) is 9.90. The molecular weight excluding hydrogens is 284 g/mol. The number of unbranched alkanes of at least 4 members (excludes halogenated alkanes) is 3. The second-order valence-corrected chi connectivity index (χ2v) is 4.96. The molecule has 5 heteroatoms. The molecule has 0 aliphatic carbocycles. The Morgan fingerprint density at radius 2 is 1.86 bits per heavy atom. The largest absolute Gasteiger partial charge is 0.451 e. The normalized spacial score (nSPS) is 11.9. The van der Waals surface area contributed by atoms with Crippen LogP contribution in [-0.4, -0.2) is 38.9 Å². The number of carbonyl (C=O) groups is 2. The van der Waals surface area contributed by atoms with Gasteiger partial charge in [-0.25, -0.2) is 4.79 Å². The van der Waals surface area contributed by atoms with Crippen LogP contribution in [0.25, 0.3) is 0 Å². The summed E-state index contributed by atoms with van der Waals surface area (Å²) in [6.07, 6.45) is 4.38. The third kappa shape index (κ3) is 7.90. The van der Waals surface area contributed by atoms with Gasteiger partial charge in [0.25, 0.3) is 0 Å². The van der Waals surface area contributed by atoms with Crippen LogP contribution < -0.4 is 0 Å². The summed E-state index contributed by atoms with van der Waals surface area (Å²) in [5.74, 6) is -0.453. The third-order valence-electron chi connectivity index (χ3n) is 3.15. The van der Waals surface area contributed by atoms with Gasteiger partial charge in [-0.15, -0.1) is 0 Å². The van der Waals surface area contributed by atoms with E-state index in [1.165, 1.54) is 0 Å². The first-order chi connectivity index (χ1) is 10.8. The molecule has 0 aliphatic heterocycles. The van der Waals surface area contributed by atoms with E-state index in [1.807, 2.05) is 6.07 Å². The van der Waals surface area contributed by atoms with E-state index in [1.54, 1.807) is 31.4 Å². The lowest BCUT2D eigenvalue weighted by Crippen LogP contribution is -2.19. The minimum absolute atomic E-state index is 0.322. The Balaban J connectivity index is 2.15. The average molecular weight is 308 g/mol. The van der Waals surface area contributed by atoms with Gasteiger partial charge in [0.05, 0.1) is 5.56 Å². The van der Waals surface area contributed by atoms with E-state index in [4.69, 9.17) is 14.2 Å². The van der Waals surface area contributed by atoms with Crippen molar-refractivity contribution >= 4 is 12.3 Å². The highest BCUT2D eigenvalue weighted by atomic mass is 16.7. The molecule has 0 spiro atoms. The van der Waals surface area contributed by atoms with E-state index >= 15 is 0 Å². The molecule has 1 rings (SSSR count). The van der Waals surface area contributed by atoms with E-state index in [0.717, 1.165) is 25.7 Å². The molecular formula is C17H24O5. The first kappa shape index (κ1) is 18.3. The fraction of sp³-hybridized carbons (Fsp3) is 0.529. The highest BCUT2D eigenvalue weighted by Gasteiger charge is 2.14. The Hall–Kier alpha value is -1.72. The maximum absolute atomic E-state index is 11.8. The molecule has 0 N–H and O–H groups in total. The van der Waals surface area contributed by atoms with Crippen LogP contribution in [-0.2, 0) is 19.0 Å². The van der Waals surface area contributed by atoms with Gasteiger partial charge in [0.2, 0.25) is 0 Å². The SMILES string of the molecule is COCOCCCCCCC(C=O)OC(=O)c1ccccc1. The summed E-state index contributed by atoms with van der Waals surface area (Å²) in [4.78, 5) is 22.8. The van der Waals surface area contributed by atoms with Crippen LogP contribution >= 0.6 is 0 Å². The second kappa shape index (κ2) is 11.9. The first-order valence-electron chi connectivity index (χ1n) is 7.56. The van der Waals surface area contributed by atoms with Crippen molar-refractivity contribution in [1.82, 2.24) is 0 Å².